The lowest BCUT2D eigenvalue weighted by Gasteiger charge is -2.02. The van der Waals surface area contributed by atoms with Crippen LogP contribution in [-0.4, -0.2) is 12.2 Å². The van der Waals surface area contributed by atoms with Gasteiger partial charge in [0, 0.05) is 12.1 Å². The summed E-state index contributed by atoms with van der Waals surface area (Å²) in [5.74, 6) is 0.0803. The molecule has 0 aromatic heterocycles. The van der Waals surface area contributed by atoms with Crippen LogP contribution in [0, 0.1) is 22.7 Å². The van der Waals surface area contributed by atoms with Crippen LogP contribution in [0.3, 0.4) is 0 Å². The predicted molar refractivity (Wildman–Crippen MR) is 44.1 cm³/mol. The lowest BCUT2D eigenvalue weighted by molar-refractivity contribution is 0.411. The highest BCUT2D eigenvalue weighted by molar-refractivity contribution is 5.56. The molecule has 64 valence electrons. The molecule has 1 aromatic carbocycles. The summed E-state index contributed by atoms with van der Waals surface area (Å²) in [6, 6.07) is 6.27. The van der Waals surface area contributed by atoms with Crippen molar-refractivity contribution in [2.75, 3.05) is 7.11 Å². The number of nitrogens with zero attached hydrogens (tertiary/aromatic N) is 2. The van der Waals surface area contributed by atoms with Gasteiger partial charge in [0.2, 0.25) is 0 Å². The number of nitriles is 2. The number of aromatic hydroxyl groups is 1. The van der Waals surface area contributed by atoms with Gasteiger partial charge in [0.1, 0.15) is 17.9 Å². The van der Waals surface area contributed by atoms with Crippen molar-refractivity contribution in [3.05, 3.63) is 23.3 Å². The number of ether oxygens (including phenoxy) is 1. The number of phenolic OH excluding ortho intramolecular Hbond substituents is 1. The van der Waals surface area contributed by atoms with E-state index < -0.39 is 0 Å². The zero-order chi connectivity index (χ0) is 9.84. The SMILES string of the molecule is COc1cc(C#N)c(O)c(C#N)c1. The molecule has 13 heavy (non-hydrogen) atoms. The van der Waals surface area contributed by atoms with Crippen molar-refractivity contribution in [2.24, 2.45) is 0 Å². The molecule has 1 N–H and O–H groups in total. The molecule has 0 atom stereocenters. The Morgan fingerprint density at radius 2 is 1.69 bits per heavy atom. The monoisotopic (exact) mass is 174 g/mol. The van der Waals surface area contributed by atoms with Gasteiger partial charge in [0.05, 0.1) is 18.2 Å². The van der Waals surface area contributed by atoms with E-state index in [-0.39, 0.29) is 16.9 Å². The molecule has 1 aromatic rings. The van der Waals surface area contributed by atoms with Crippen molar-refractivity contribution < 1.29 is 9.84 Å². The van der Waals surface area contributed by atoms with E-state index >= 15 is 0 Å². The van der Waals surface area contributed by atoms with Crippen LogP contribution in [0.15, 0.2) is 12.1 Å². The summed E-state index contributed by atoms with van der Waals surface area (Å²) < 4.78 is 4.84. The van der Waals surface area contributed by atoms with Gasteiger partial charge in [-0.1, -0.05) is 0 Å². The van der Waals surface area contributed by atoms with Crippen LogP contribution in [0.5, 0.6) is 11.5 Å². The maximum atomic E-state index is 9.31. The molecule has 0 saturated carbocycles. The van der Waals surface area contributed by atoms with Gasteiger partial charge in [0.25, 0.3) is 0 Å². The van der Waals surface area contributed by atoms with Gasteiger partial charge in [-0.2, -0.15) is 10.5 Å². The van der Waals surface area contributed by atoms with Crippen LogP contribution in [0.2, 0.25) is 0 Å². The third kappa shape index (κ3) is 1.52. The minimum absolute atomic E-state index is 0.0379. The molecule has 0 fully saturated rings. The molecule has 0 saturated heterocycles. The molecule has 0 spiro atoms. The molecule has 0 bridgehead atoms. The third-order valence-electron chi connectivity index (χ3n) is 1.56. The normalized spacial score (nSPS) is 8.54. The molecule has 0 unspecified atom stereocenters. The second-order valence-electron chi connectivity index (χ2n) is 2.29. The Morgan fingerprint density at radius 1 is 1.23 bits per heavy atom. The number of methoxy groups -OCH3 is 1. The van der Waals surface area contributed by atoms with Gasteiger partial charge in [-0.15, -0.1) is 0 Å². The van der Waals surface area contributed by atoms with E-state index in [0.717, 1.165) is 0 Å². The second-order valence-corrected chi connectivity index (χ2v) is 2.29. The lowest BCUT2D eigenvalue weighted by Crippen LogP contribution is -1.88. The Bertz CT molecular complexity index is 378. The molecule has 0 aliphatic carbocycles. The lowest BCUT2D eigenvalue weighted by atomic mass is 10.1. The van der Waals surface area contributed by atoms with Gasteiger partial charge < -0.3 is 9.84 Å². The van der Waals surface area contributed by atoms with Gasteiger partial charge in [-0.25, -0.2) is 0 Å². The fourth-order valence-electron chi connectivity index (χ4n) is 0.896. The van der Waals surface area contributed by atoms with Crippen LogP contribution in [0.4, 0.5) is 0 Å². The Hall–Kier alpha value is -2.20. The summed E-state index contributed by atoms with van der Waals surface area (Å²) in [6.07, 6.45) is 0. The molecule has 0 aliphatic rings. The third-order valence-corrected chi connectivity index (χ3v) is 1.56. The number of phenols is 1. The maximum Gasteiger partial charge on any atom is 0.151 e. The predicted octanol–water partition coefficient (Wildman–Crippen LogP) is 1.14. The topological polar surface area (TPSA) is 77.0 Å². The molecule has 0 radical (unpaired) electrons. The first-order chi connectivity index (χ1) is 6.22. The van der Waals surface area contributed by atoms with Crippen LogP contribution < -0.4 is 4.74 Å². The first-order valence-corrected chi connectivity index (χ1v) is 3.44. The first kappa shape index (κ1) is 8.89. The summed E-state index contributed by atoms with van der Waals surface area (Å²) in [6.45, 7) is 0. The zero-order valence-corrected chi connectivity index (χ0v) is 6.90. The number of rotatable bonds is 1. The van der Waals surface area contributed by atoms with E-state index in [1.165, 1.54) is 19.2 Å². The largest absolute Gasteiger partial charge is 0.505 e. The first-order valence-electron chi connectivity index (χ1n) is 3.44. The van der Waals surface area contributed by atoms with Crippen molar-refractivity contribution in [3.8, 4) is 23.6 Å². The molecule has 0 aliphatic heterocycles. The van der Waals surface area contributed by atoms with E-state index in [2.05, 4.69) is 0 Å². The highest BCUT2D eigenvalue weighted by Gasteiger charge is 2.09. The quantitative estimate of drug-likeness (QED) is 0.692. The number of benzene rings is 1. The van der Waals surface area contributed by atoms with Crippen LogP contribution in [0.25, 0.3) is 0 Å². The van der Waals surface area contributed by atoms with Crippen molar-refractivity contribution in [1.29, 1.82) is 10.5 Å². The highest BCUT2D eigenvalue weighted by Crippen LogP contribution is 2.26. The van der Waals surface area contributed by atoms with E-state index in [0.29, 0.717) is 5.75 Å². The second kappa shape index (κ2) is 3.46. The van der Waals surface area contributed by atoms with E-state index in [9.17, 15) is 5.11 Å². The van der Waals surface area contributed by atoms with Crippen molar-refractivity contribution in [1.82, 2.24) is 0 Å². The molecular weight excluding hydrogens is 168 g/mol. The van der Waals surface area contributed by atoms with E-state index in [4.69, 9.17) is 15.3 Å². The van der Waals surface area contributed by atoms with Crippen molar-refractivity contribution in [2.45, 2.75) is 0 Å². The average Bonchev–Trinajstić information content (AvgIpc) is 2.18. The van der Waals surface area contributed by atoms with Gasteiger partial charge in [0.15, 0.2) is 5.75 Å². The van der Waals surface area contributed by atoms with Crippen molar-refractivity contribution >= 4 is 0 Å². The molecular formula is C9H6N2O2. The van der Waals surface area contributed by atoms with Crippen LogP contribution >= 0.6 is 0 Å². The number of hydrogen-bond donors (Lipinski definition) is 1. The maximum absolute atomic E-state index is 9.31. The van der Waals surface area contributed by atoms with Crippen LogP contribution in [0.1, 0.15) is 11.1 Å². The Kier molecular flexibility index (Phi) is 2.37. The van der Waals surface area contributed by atoms with E-state index in [1.54, 1.807) is 12.1 Å². The number of hydrogen-bond acceptors (Lipinski definition) is 4. The fraction of sp³-hybridized carbons (Fsp3) is 0.111. The Morgan fingerprint density at radius 3 is 2.00 bits per heavy atom. The molecule has 1 rings (SSSR count). The summed E-state index contributed by atoms with van der Waals surface area (Å²) in [5, 5.41) is 26.5. The zero-order valence-electron chi connectivity index (χ0n) is 6.90. The van der Waals surface area contributed by atoms with Gasteiger partial charge >= 0.3 is 0 Å². The molecule has 4 nitrogen and oxygen atoms in total. The average molecular weight is 174 g/mol. The van der Waals surface area contributed by atoms with Gasteiger partial charge in [-0.3, -0.25) is 0 Å². The smallest absolute Gasteiger partial charge is 0.151 e. The van der Waals surface area contributed by atoms with Gasteiger partial charge in [-0.05, 0) is 0 Å². The highest BCUT2D eigenvalue weighted by atomic mass is 16.5. The Labute approximate surface area is 75.2 Å². The summed E-state index contributed by atoms with van der Waals surface area (Å²) in [4.78, 5) is 0. The summed E-state index contributed by atoms with van der Waals surface area (Å²) in [5.41, 5.74) is 0.0757. The minimum Gasteiger partial charge on any atom is -0.505 e. The molecule has 4 heteroatoms. The molecule has 0 heterocycles. The summed E-state index contributed by atoms with van der Waals surface area (Å²) in [7, 11) is 1.43. The van der Waals surface area contributed by atoms with Crippen molar-refractivity contribution in [3.63, 3.8) is 0 Å². The standard InChI is InChI=1S/C9H6N2O2/c1-13-8-2-6(4-10)9(12)7(3-8)5-11/h2-3,12H,1H3. The Balaban J connectivity index is 3.42. The minimum atomic E-state index is -0.300. The fourth-order valence-corrected chi connectivity index (χ4v) is 0.896. The van der Waals surface area contributed by atoms with E-state index in [1.807, 2.05) is 0 Å². The summed E-state index contributed by atoms with van der Waals surface area (Å²) >= 11 is 0. The van der Waals surface area contributed by atoms with Crippen LogP contribution in [-0.2, 0) is 0 Å². The molecule has 0 amide bonds.